The number of hydrogen-bond acceptors (Lipinski definition) is 3. The number of para-hydroxylation sites is 1. The van der Waals surface area contributed by atoms with Gasteiger partial charge in [0.05, 0.1) is 18.4 Å². The van der Waals surface area contributed by atoms with E-state index in [2.05, 4.69) is 10.4 Å². The summed E-state index contributed by atoms with van der Waals surface area (Å²) >= 11 is 0. The van der Waals surface area contributed by atoms with E-state index in [0.29, 0.717) is 17.3 Å². The highest BCUT2D eigenvalue weighted by Gasteiger charge is 2.26. The van der Waals surface area contributed by atoms with Crippen LogP contribution in [0.4, 0.5) is 0 Å². The monoisotopic (exact) mass is 333 g/mol. The summed E-state index contributed by atoms with van der Waals surface area (Å²) in [6, 6.07) is 17.7. The molecule has 0 saturated heterocycles. The van der Waals surface area contributed by atoms with Crippen molar-refractivity contribution in [2.24, 2.45) is 0 Å². The normalized spacial score (nSPS) is 13.5. The molecule has 0 bridgehead atoms. The van der Waals surface area contributed by atoms with Gasteiger partial charge in [-0.2, -0.15) is 5.10 Å². The summed E-state index contributed by atoms with van der Waals surface area (Å²) in [5.74, 6) is 0.655. The average molecular weight is 333 g/mol. The number of aromatic nitrogens is 2. The Bertz CT molecular complexity index is 898. The molecule has 126 valence electrons. The lowest BCUT2D eigenvalue weighted by Gasteiger charge is -2.05. The highest BCUT2D eigenvalue weighted by Crippen LogP contribution is 2.28. The molecule has 0 unspecified atom stereocenters. The molecule has 0 spiro atoms. The fraction of sp³-hybridized carbons (Fsp3) is 0.200. The van der Waals surface area contributed by atoms with Gasteiger partial charge in [-0.05, 0) is 37.1 Å². The molecule has 0 radical (unpaired) electrons. The Hall–Kier alpha value is -3.08. The van der Waals surface area contributed by atoms with Gasteiger partial charge in [-0.3, -0.25) is 4.79 Å². The number of ether oxygens (including phenoxy) is 1. The number of rotatable bonds is 5. The van der Waals surface area contributed by atoms with E-state index in [1.54, 1.807) is 18.0 Å². The van der Waals surface area contributed by atoms with E-state index in [1.807, 2.05) is 54.6 Å². The van der Waals surface area contributed by atoms with Crippen LogP contribution in [0.2, 0.25) is 0 Å². The quantitative estimate of drug-likeness (QED) is 0.778. The van der Waals surface area contributed by atoms with E-state index in [9.17, 15) is 4.79 Å². The SMILES string of the molecule is COc1cccc(-c2nn(-c3ccccc3)cc2C(=O)NC2CC2)c1. The summed E-state index contributed by atoms with van der Waals surface area (Å²) in [5, 5.41) is 7.73. The molecule has 1 N–H and O–H groups in total. The van der Waals surface area contributed by atoms with Gasteiger partial charge in [-0.15, -0.1) is 0 Å². The van der Waals surface area contributed by atoms with Gasteiger partial charge in [0, 0.05) is 17.8 Å². The summed E-state index contributed by atoms with van der Waals surface area (Å²) in [5.41, 5.74) is 3.00. The van der Waals surface area contributed by atoms with Gasteiger partial charge in [0.1, 0.15) is 11.4 Å². The molecule has 1 aliphatic carbocycles. The molecule has 2 aromatic carbocycles. The van der Waals surface area contributed by atoms with Crippen LogP contribution >= 0.6 is 0 Å². The second kappa shape index (κ2) is 6.43. The zero-order chi connectivity index (χ0) is 17.2. The van der Waals surface area contributed by atoms with Crippen LogP contribution in [0.25, 0.3) is 16.9 Å². The van der Waals surface area contributed by atoms with Crippen molar-refractivity contribution in [1.82, 2.24) is 15.1 Å². The maximum Gasteiger partial charge on any atom is 0.255 e. The van der Waals surface area contributed by atoms with Crippen molar-refractivity contribution in [2.75, 3.05) is 7.11 Å². The highest BCUT2D eigenvalue weighted by atomic mass is 16.5. The summed E-state index contributed by atoms with van der Waals surface area (Å²) < 4.78 is 7.05. The second-order valence-corrected chi connectivity index (χ2v) is 6.15. The molecule has 3 aromatic rings. The lowest BCUT2D eigenvalue weighted by atomic mass is 10.1. The number of carbonyl (C=O) groups excluding carboxylic acids is 1. The number of benzene rings is 2. The van der Waals surface area contributed by atoms with E-state index in [1.165, 1.54) is 0 Å². The molecule has 1 saturated carbocycles. The van der Waals surface area contributed by atoms with Crippen molar-refractivity contribution in [1.29, 1.82) is 0 Å². The summed E-state index contributed by atoms with van der Waals surface area (Å²) in [7, 11) is 1.63. The molecule has 1 aliphatic rings. The molecular formula is C20H19N3O2. The maximum atomic E-state index is 12.7. The van der Waals surface area contributed by atoms with Crippen LogP contribution in [0.5, 0.6) is 5.75 Å². The fourth-order valence-electron chi connectivity index (χ4n) is 2.73. The van der Waals surface area contributed by atoms with Gasteiger partial charge in [-0.25, -0.2) is 4.68 Å². The van der Waals surface area contributed by atoms with Gasteiger partial charge >= 0.3 is 0 Å². The first kappa shape index (κ1) is 15.4. The predicted octanol–water partition coefficient (Wildman–Crippen LogP) is 3.44. The molecule has 1 aromatic heterocycles. The topological polar surface area (TPSA) is 56.2 Å². The van der Waals surface area contributed by atoms with Crippen LogP contribution in [-0.2, 0) is 0 Å². The fourth-order valence-corrected chi connectivity index (χ4v) is 2.73. The van der Waals surface area contributed by atoms with Crippen LogP contribution in [0.1, 0.15) is 23.2 Å². The van der Waals surface area contributed by atoms with Crippen LogP contribution in [0.15, 0.2) is 60.8 Å². The van der Waals surface area contributed by atoms with Gasteiger partial charge in [0.15, 0.2) is 0 Å². The van der Waals surface area contributed by atoms with Crippen LogP contribution in [0.3, 0.4) is 0 Å². The second-order valence-electron chi connectivity index (χ2n) is 6.15. The minimum Gasteiger partial charge on any atom is -0.497 e. The van der Waals surface area contributed by atoms with E-state index in [-0.39, 0.29) is 5.91 Å². The van der Waals surface area contributed by atoms with Crippen molar-refractivity contribution >= 4 is 5.91 Å². The van der Waals surface area contributed by atoms with Crippen LogP contribution in [-0.4, -0.2) is 28.8 Å². The standard InChI is InChI=1S/C20H19N3O2/c1-25-17-9-5-6-14(12-17)19-18(20(24)21-15-10-11-15)13-23(22-19)16-7-3-2-4-8-16/h2-9,12-13,15H,10-11H2,1H3,(H,21,24). The number of nitrogens with zero attached hydrogens (tertiary/aromatic N) is 2. The van der Waals surface area contributed by atoms with Gasteiger partial charge in [-0.1, -0.05) is 30.3 Å². The minimum absolute atomic E-state index is 0.0810. The molecule has 25 heavy (non-hydrogen) atoms. The van der Waals surface area contributed by atoms with Crippen molar-refractivity contribution in [3.8, 4) is 22.7 Å². The largest absolute Gasteiger partial charge is 0.497 e. The Morgan fingerprint density at radius 2 is 1.96 bits per heavy atom. The van der Waals surface area contributed by atoms with E-state index >= 15 is 0 Å². The van der Waals surface area contributed by atoms with Gasteiger partial charge in [0.25, 0.3) is 5.91 Å². The number of methoxy groups -OCH3 is 1. The third-order valence-electron chi connectivity index (χ3n) is 4.24. The maximum absolute atomic E-state index is 12.7. The molecule has 5 nitrogen and oxygen atoms in total. The Labute approximate surface area is 146 Å². The minimum atomic E-state index is -0.0810. The molecule has 0 aliphatic heterocycles. The zero-order valence-corrected chi connectivity index (χ0v) is 14.0. The van der Waals surface area contributed by atoms with Crippen LogP contribution in [0, 0.1) is 0 Å². The Kier molecular flexibility index (Phi) is 3.98. The molecule has 1 heterocycles. The Balaban J connectivity index is 1.79. The van der Waals surface area contributed by atoms with E-state index < -0.39 is 0 Å². The molecule has 0 atom stereocenters. The smallest absolute Gasteiger partial charge is 0.255 e. The van der Waals surface area contributed by atoms with Gasteiger partial charge in [0.2, 0.25) is 0 Å². The van der Waals surface area contributed by atoms with Crippen molar-refractivity contribution in [3.63, 3.8) is 0 Å². The van der Waals surface area contributed by atoms with E-state index in [0.717, 1.165) is 29.8 Å². The lowest BCUT2D eigenvalue weighted by Crippen LogP contribution is -2.25. The summed E-state index contributed by atoms with van der Waals surface area (Å²) in [4.78, 5) is 12.7. The third kappa shape index (κ3) is 3.26. The number of amides is 1. The number of hydrogen-bond donors (Lipinski definition) is 1. The molecular weight excluding hydrogens is 314 g/mol. The first-order valence-corrected chi connectivity index (χ1v) is 8.35. The molecule has 1 amide bonds. The van der Waals surface area contributed by atoms with Crippen molar-refractivity contribution in [3.05, 3.63) is 66.4 Å². The first-order chi connectivity index (χ1) is 12.2. The zero-order valence-electron chi connectivity index (χ0n) is 14.0. The Morgan fingerprint density at radius 3 is 2.68 bits per heavy atom. The van der Waals surface area contributed by atoms with Crippen LogP contribution < -0.4 is 10.1 Å². The number of nitrogens with one attached hydrogen (secondary N) is 1. The summed E-state index contributed by atoms with van der Waals surface area (Å²) in [6.45, 7) is 0. The van der Waals surface area contributed by atoms with Crippen molar-refractivity contribution in [2.45, 2.75) is 18.9 Å². The molecule has 1 fully saturated rings. The summed E-state index contributed by atoms with van der Waals surface area (Å²) in [6.07, 6.45) is 3.89. The highest BCUT2D eigenvalue weighted by molar-refractivity contribution is 6.00. The van der Waals surface area contributed by atoms with Gasteiger partial charge < -0.3 is 10.1 Å². The van der Waals surface area contributed by atoms with Crippen molar-refractivity contribution < 1.29 is 9.53 Å². The van der Waals surface area contributed by atoms with E-state index in [4.69, 9.17) is 4.74 Å². The Morgan fingerprint density at radius 1 is 1.16 bits per heavy atom. The number of carbonyl (C=O) groups is 1. The molecule has 5 heteroatoms. The molecule has 4 rings (SSSR count). The predicted molar refractivity (Wildman–Crippen MR) is 96.0 cm³/mol. The average Bonchev–Trinajstić information content (AvgIpc) is 3.36. The third-order valence-corrected chi connectivity index (χ3v) is 4.24. The lowest BCUT2D eigenvalue weighted by molar-refractivity contribution is 0.0951. The first-order valence-electron chi connectivity index (χ1n) is 8.35.